The van der Waals surface area contributed by atoms with E-state index in [2.05, 4.69) is 39.0 Å². The molecule has 2 heterocycles. The van der Waals surface area contributed by atoms with Crippen LogP contribution in [0, 0.1) is 0 Å². The number of thioether (sulfide) groups is 1. The Morgan fingerprint density at radius 1 is 1.07 bits per heavy atom. The van der Waals surface area contributed by atoms with Crippen molar-refractivity contribution in [1.82, 2.24) is 20.1 Å². The summed E-state index contributed by atoms with van der Waals surface area (Å²) in [7, 11) is 0. The minimum Gasteiger partial charge on any atom is -0.406 e. The number of carbonyl (C=O) groups excluding carboxylic acids is 2. The summed E-state index contributed by atoms with van der Waals surface area (Å²) in [6.07, 6.45) is -1.68. The van der Waals surface area contributed by atoms with Crippen LogP contribution in [-0.4, -0.2) is 50.0 Å². The largest absolute Gasteiger partial charge is 0.573 e. The van der Waals surface area contributed by atoms with Crippen molar-refractivity contribution in [1.29, 1.82) is 0 Å². The number of amidine groups is 1. The van der Waals surface area contributed by atoms with Gasteiger partial charge in [-0.25, -0.2) is 14.5 Å². The van der Waals surface area contributed by atoms with Gasteiger partial charge < -0.3 is 10.1 Å². The second kappa shape index (κ2) is 12.4. The lowest BCUT2D eigenvalue weighted by Gasteiger charge is -2.30. The smallest absolute Gasteiger partial charge is 0.406 e. The highest BCUT2D eigenvalue weighted by Gasteiger charge is 2.32. The number of amides is 3. The summed E-state index contributed by atoms with van der Waals surface area (Å²) >= 11 is 1.39. The fourth-order valence-corrected chi connectivity index (χ4v) is 6.42. The van der Waals surface area contributed by atoms with E-state index < -0.39 is 12.4 Å². The monoisotopic (exact) mass is 634 g/mol. The van der Waals surface area contributed by atoms with E-state index >= 15 is 0 Å². The molecule has 9 nitrogen and oxygen atoms in total. The van der Waals surface area contributed by atoms with Crippen molar-refractivity contribution in [2.24, 2.45) is 4.99 Å². The maximum atomic E-state index is 13.1. The van der Waals surface area contributed by atoms with E-state index in [1.165, 1.54) is 47.0 Å². The zero-order valence-corrected chi connectivity index (χ0v) is 25.2. The molecule has 13 heteroatoms. The Morgan fingerprint density at radius 3 is 2.58 bits per heavy atom. The van der Waals surface area contributed by atoms with Crippen LogP contribution in [0.1, 0.15) is 42.9 Å². The molecule has 1 atom stereocenters. The molecule has 3 amide bonds. The number of fused-ring (bicyclic) bond motifs is 1. The van der Waals surface area contributed by atoms with Crippen molar-refractivity contribution in [3.05, 3.63) is 89.7 Å². The molecule has 2 aliphatic rings. The lowest BCUT2D eigenvalue weighted by atomic mass is 10.0. The van der Waals surface area contributed by atoms with Gasteiger partial charge in [0.25, 0.3) is 0 Å². The molecule has 45 heavy (non-hydrogen) atoms. The number of nitrogens with zero attached hydrogens (tertiary/aromatic N) is 5. The van der Waals surface area contributed by atoms with Crippen molar-refractivity contribution < 1.29 is 27.5 Å². The molecule has 1 aliphatic heterocycles. The molecule has 1 aliphatic carbocycles. The van der Waals surface area contributed by atoms with E-state index in [1.807, 2.05) is 42.5 Å². The highest BCUT2D eigenvalue weighted by atomic mass is 32.2. The molecule has 232 valence electrons. The number of rotatable bonds is 6. The lowest BCUT2D eigenvalue weighted by Crippen LogP contribution is -2.42. The lowest BCUT2D eigenvalue weighted by molar-refractivity contribution is -0.274. The van der Waals surface area contributed by atoms with Crippen LogP contribution in [0.2, 0.25) is 0 Å². The zero-order chi connectivity index (χ0) is 31.7. The number of carbonyl (C=O) groups is 2. The molecule has 6 rings (SSSR count). The van der Waals surface area contributed by atoms with Gasteiger partial charge in [0.2, 0.25) is 5.91 Å². The summed E-state index contributed by atoms with van der Waals surface area (Å²) in [5.41, 5.74) is 5.19. The third kappa shape index (κ3) is 6.88. The van der Waals surface area contributed by atoms with Gasteiger partial charge >= 0.3 is 12.4 Å². The minimum absolute atomic E-state index is 0.0854. The third-order valence-electron chi connectivity index (χ3n) is 7.54. The molecule has 1 saturated heterocycles. The Labute approximate surface area is 261 Å². The van der Waals surface area contributed by atoms with E-state index in [0.29, 0.717) is 41.7 Å². The number of aromatic nitrogens is 3. The van der Waals surface area contributed by atoms with Crippen LogP contribution in [0.4, 0.5) is 23.7 Å². The standard InChI is InChI=1S/C32H29F3N6O3S/c1-19(2)26-5-3-4-6-27(26)41-28(42)13-14-45-31(41)38-30(43)37-23-16-20-7-8-21(15-22(20)17-23)29-36-18-40(39-29)24-9-11-25(12-10-24)44-32(33,34)35/h3-12,15,18-19,23H,13-14,16-17H2,1-2H3,(H,37,43)/b38-31-. The van der Waals surface area contributed by atoms with Crippen LogP contribution in [0.5, 0.6) is 5.75 Å². The zero-order valence-electron chi connectivity index (χ0n) is 24.4. The van der Waals surface area contributed by atoms with Crippen molar-refractivity contribution >= 4 is 34.6 Å². The first-order chi connectivity index (χ1) is 21.5. The van der Waals surface area contributed by atoms with Gasteiger partial charge in [0.05, 0.1) is 11.4 Å². The van der Waals surface area contributed by atoms with Crippen LogP contribution < -0.4 is 15.0 Å². The van der Waals surface area contributed by atoms with E-state index in [4.69, 9.17) is 0 Å². The molecular weight excluding hydrogens is 605 g/mol. The van der Waals surface area contributed by atoms with Crippen molar-refractivity contribution in [2.45, 2.75) is 51.4 Å². The quantitative estimate of drug-likeness (QED) is 0.255. The fraction of sp³-hybridized carbons (Fsp3) is 0.281. The molecule has 0 radical (unpaired) electrons. The van der Waals surface area contributed by atoms with Gasteiger partial charge in [0.1, 0.15) is 12.1 Å². The number of benzene rings is 3. The molecule has 0 bridgehead atoms. The number of ether oxygens (including phenoxy) is 1. The Hall–Kier alpha value is -4.65. The predicted octanol–water partition coefficient (Wildman–Crippen LogP) is 6.66. The van der Waals surface area contributed by atoms with E-state index in [0.717, 1.165) is 27.9 Å². The predicted molar refractivity (Wildman–Crippen MR) is 166 cm³/mol. The molecule has 3 aromatic carbocycles. The Morgan fingerprint density at radius 2 is 1.82 bits per heavy atom. The van der Waals surface area contributed by atoms with Crippen molar-refractivity contribution in [2.75, 3.05) is 10.7 Å². The summed E-state index contributed by atoms with van der Waals surface area (Å²) in [6.45, 7) is 4.13. The molecule has 1 N–H and O–H groups in total. The van der Waals surface area contributed by atoms with Crippen LogP contribution in [0.25, 0.3) is 17.1 Å². The number of anilines is 1. The molecule has 1 fully saturated rings. The van der Waals surface area contributed by atoms with E-state index in [1.54, 1.807) is 4.90 Å². The maximum absolute atomic E-state index is 13.1. The average molecular weight is 635 g/mol. The van der Waals surface area contributed by atoms with Crippen molar-refractivity contribution in [3.63, 3.8) is 0 Å². The van der Waals surface area contributed by atoms with Gasteiger partial charge in [-0.3, -0.25) is 9.69 Å². The van der Waals surface area contributed by atoms with Gasteiger partial charge in [-0.2, -0.15) is 4.99 Å². The number of halogens is 3. The van der Waals surface area contributed by atoms with E-state index in [-0.39, 0.29) is 23.6 Å². The van der Waals surface area contributed by atoms with Gasteiger partial charge in [-0.1, -0.05) is 55.9 Å². The number of nitrogens with one attached hydrogen (secondary N) is 1. The summed E-state index contributed by atoms with van der Waals surface area (Å²) in [5.74, 6) is 0.795. The Balaban J connectivity index is 1.13. The summed E-state index contributed by atoms with van der Waals surface area (Å²) in [6, 6.07) is 18.2. The SMILES string of the molecule is CC(C)c1ccccc1N1C(=O)CCS/C1=N\C(=O)NC1Cc2ccc(-c3ncn(-c4ccc(OC(F)(F)F)cc4)n3)cc2C1. The molecule has 4 aromatic rings. The number of hydrogen-bond donors (Lipinski definition) is 1. The number of hydrogen-bond acceptors (Lipinski definition) is 6. The topological polar surface area (TPSA) is 102 Å². The summed E-state index contributed by atoms with van der Waals surface area (Å²) in [5, 5.41) is 7.87. The Bertz CT molecular complexity index is 1770. The van der Waals surface area contributed by atoms with Gasteiger partial charge in [-0.05, 0) is 71.8 Å². The highest BCUT2D eigenvalue weighted by molar-refractivity contribution is 8.14. The first kappa shape index (κ1) is 30.4. The number of aliphatic imine (C=N–C) groups is 1. The highest BCUT2D eigenvalue weighted by Crippen LogP contribution is 2.33. The van der Waals surface area contributed by atoms with Crippen LogP contribution >= 0.6 is 11.8 Å². The number of alkyl halides is 3. The fourth-order valence-electron chi connectivity index (χ4n) is 5.49. The van der Waals surface area contributed by atoms with Crippen molar-refractivity contribution in [3.8, 4) is 22.8 Å². The first-order valence-corrected chi connectivity index (χ1v) is 15.4. The minimum atomic E-state index is -4.76. The molecule has 0 spiro atoms. The normalized spacial score (nSPS) is 17.6. The molecule has 1 unspecified atom stereocenters. The molecule has 1 aromatic heterocycles. The third-order valence-corrected chi connectivity index (χ3v) is 8.48. The molecule has 0 saturated carbocycles. The summed E-state index contributed by atoms with van der Waals surface area (Å²) < 4.78 is 42.8. The number of urea groups is 1. The second-order valence-electron chi connectivity index (χ2n) is 11.0. The van der Waals surface area contributed by atoms with Crippen LogP contribution in [0.3, 0.4) is 0 Å². The van der Waals surface area contributed by atoms with Gasteiger partial charge in [0.15, 0.2) is 11.0 Å². The van der Waals surface area contributed by atoms with Gasteiger partial charge in [-0.15, -0.1) is 18.3 Å². The summed E-state index contributed by atoms with van der Waals surface area (Å²) in [4.78, 5) is 36.4. The number of para-hydroxylation sites is 1. The Kier molecular flexibility index (Phi) is 8.36. The van der Waals surface area contributed by atoms with Crippen LogP contribution in [0.15, 0.2) is 78.0 Å². The molecular formula is C32H29F3N6O3S. The maximum Gasteiger partial charge on any atom is 0.573 e. The first-order valence-electron chi connectivity index (χ1n) is 14.4. The second-order valence-corrected chi connectivity index (χ2v) is 12.1. The van der Waals surface area contributed by atoms with Crippen LogP contribution in [-0.2, 0) is 17.6 Å². The van der Waals surface area contributed by atoms with E-state index in [9.17, 15) is 22.8 Å². The van der Waals surface area contributed by atoms with Gasteiger partial charge in [0, 0.05) is 23.8 Å². The average Bonchev–Trinajstić information content (AvgIpc) is 3.64.